The third-order valence-corrected chi connectivity index (χ3v) is 4.28. The Morgan fingerprint density at radius 3 is 2.33 bits per heavy atom. The number of ether oxygens (including phenoxy) is 2. The van der Waals surface area contributed by atoms with E-state index in [0.717, 1.165) is 0 Å². The fraction of sp³-hybridized carbons (Fsp3) is 0.235. The monoisotopic (exact) mass is 348 g/mol. The second kappa shape index (κ2) is 8.35. The molecule has 24 heavy (non-hydrogen) atoms. The van der Waals surface area contributed by atoms with Gasteiger partial charge in [0, 0.05) is 5.56 Å². The van der Waals surface area contributed by atoms with Gasteiger partial charge in [-0.05, 0) is 50.2 Å². The molecule has 0 bridgehead atoms. The molecule has 2 aromatic rings. The fourth-order valence-corrected chi connectivity index (χ4v) is 2.77. The van der Waals surface area contributed by atoms with Crippen molar-refractivity contribution in [2.24, 2.45) is 5.10 Å². The van der Waals surface area contributed by atoms with Crippen LogP contribution in [0.3, 0.4) is 0 Å². The minimum Gasteiger partial charge on any atom is -0.494 e. The summed E-state index contributed by atoms with van der Waals surface area (Å²) in [6, 6.07) is 13.4. The van der Waals surface area contributed by atoms with E-state index in [1.165, 1.54) is 18.3 Å². The number of rotatable bonds is 8. The maximum absolute atomic E-state index is 12.2. The van der Waals surface area contributed by atoms with Gasteiger partial charge in [-0.1, -0.05) is 12.1 Å². The van der Waals surface area contributed by atoms with Gasteiger partial charge in [-0.2, -0.15) is 13.5 Å². The Bertz CT molecular complexity index is 786. The van der Waals surface area contributed by atoms with Crippen molar-refractivity contribution in [2.75, 3.05) is 13.2 Å². The smallest absolute Gasteiger partial charge is 0.276 e. The Labute approximate surface area is 142 Å². The molecule has 0 unspecified atom stereocenters. The number of nitrogens with zero attached hydrogens (tertiary/aromatic N) is 1. The van der Waals surface area contributed by atoms with Gasteiger partial charge in [0.15, 0.2) is 0 Å². The normalized spacial score (nSPS) is 11.4. The highest BCUT2D eigenvalue weighted by molar-refractivity contribution is 7.89. The average Bonchev–Trinajstić information content (AvgIpc) is 2.57. The van der Waals surface area contributed by atoms with Gasteiger partial charge in [-0.25, -0.2) is 4.83 Å². The Balaban J connectivity index is 2.09. The standard InChI is InChI=1S/C17H20N2O4S/c1-3-22-15-9-11-16(12-10-15)24(20,21)19-18-13-14-7-5-6-8-17(14)23-4-2/h5-13,19H,3-4H2,1-2H3. The van der Waals surface area contributed by atoms with Gasteiger partial charge >= 0.3 is 0 Å². The van der Waals surface area contributed by atoms with E-state index in [4.69, 9.17) is 9.47 Å². The Morgan fingerprint density at radius 1 is 1.00 bits per heavy atom. The number of nitrogens with one attached hydrogen (secondary N) is 1. The summed E-state index contributed by atoms with van der Waals surface area (Å²) in [7, 11) is -3.73. The summed E-state index contributed by atoms with van der Waals surface area (Å²) in [6.45, 7) is 4.78. The van der Waals surface area contributed by atoms with Gasteiger partial charge < -0.3 is 9.47 Å². The lowest BCUT2D eigenvalue weighted by atomic mass is 10.2. The molecule has 0 aliphatic heterocycles. The van der Waals surface area contributed by atoms with E-state index in [1.807, 2.05) is 26.0 Å². The highest BCUT2D eigenvalue weighted by Gasteiger charge is 2.12. The zero-order valence-corrected chi connectivity index (χ0v) is 14.4. The van der Waals surface area contributed by atoms with Crippen LogP contribution in [0.2, 0.25) is 0 Å². The van der Waals surface area contributed by atoms with Crippen molar-refractivity contribution in [3.63, 3.8) is 0 Å². The lowest BCUT2D eigenvalue weighted by Crippen LogP contribution is -2.18. The zero-order valence-electron chi connectivity index (χ0n) is 13.6. The molecule has 0 amide bonds. The summed E-state index contributed by atoms with van der Waals surface area (Å²) in [6.07, 6.45) is 1.41. The predicted molar refractivity (Wildman–Crippen MR) is 93.1 cm³/mol. The minimum absolute atomic E-state index is 0.112. The van der Waals surface area contributed by atoms with Crippen LogP contribution in [0.1, 0.15) is 19.4 Å². The molecule has 0 saturated heterocycles. The van der Waals surface area contributed by atoms with Crippen LogP contribution in [0.25, 0.3) is 0 Å². The van der Waals surface area contributed by atoms with Crippen molar-refractivity contribution in [3.8, 4) is 11.5 Å². The molecule has 2 aromatic carbocycles. The molecule has 7 heteroatoms. The lowest BCUT2D eigenvalue weighted by Gasteiger charge is -2.07. The van der Waals surface area contributed by atoms with Crippen LogP contribution in [0.15, 0.2) is 58.5 Å². The molecule has 128 valence electrons. The summed E-state index contributed by atoms with van der Waals surface area (Å²) in [5.41, 5.74) is 0.689. The van der Waals surface area contributed by atoms with Crippen molar-refractivity contribution in [3.05, 3.63) is 54.1 Å². The zero-order chi connectivity index (χ0) is 17.4. The molecule has 2 rings (SSSR count). The molecule has 0 aliphatic carbocycles. The van der Waals surface area contributed by atoms with Gasteiger partial charge in [-0.15, -0.1) is 0 Å². The minimum atomic E-state index is -3.73. The van der Waals surface area contributed by atoms with Gasteiger partial charge in [0.05, 0.1) is 24.3 Å². The highest BCUT2D eigenvalue weighted by atomic mass is 32.2. The number of hydrogen-bond acceptors (Lipinski definition) is 5. The van der Waals surface area contributed by atoms with E-state index in [1.54, 1.807) is 24.3 Å². The number of para-hydroxylation sites is 1. The SMILES string of the molecule is CCOc1ccc(S(=O)(=O)NN=Cc2ccccc2OCC)cc1. The molecule has 0 fully saturated rings. The maximum atomic E-state index is 12.2. The van der Waals surface area contributed by atoms with Crippen LogP contribution in [0.5, 0.6) is 11.5 Å². The first-order valence-corrected chi connectivity index (χ1v) is 9.04. The van der Waals surface area contributed by atoms with E-state index in [2.05, 4.69) is 9.93 Å². The molecule has 0 atom stereocenters. The van der Waals surface area contributed by atoms with E-state index < -0.39 is 10.0 Å². The molecular formula is C17H20N2O4S. The van der Waals surface area contributed by atoms with E-state index in [0.29, 0.717) is 30.3 Å². The van der Waals surface area contributed by atoms with Gasteiger partial charge in [0.25, 0.3) is 10.0 Å². The Hall–Kier alpha value is -2.54. The largest absolute Gasteiger partial charge is 0.494 e. The third kappa shape index (κ3) is 4.73. The summed E-state index contributed by atoms with van der Waals surface area (Å²) >= 11 is 0. The quantitative estimate of drug-likeness (QED) is 0.588. The number of hydrazone groups is 1. The fourth-order valence-electron chi connectivity index (χ4n) is 1.97. The lowest BCUT2D eigenvalue weighted by molar-refractivity contribution is 0.339. The van der Waals surface area contributed by atoms with Crippen molar-refractivity contribution in [1.82, 2.24) is 4.83 Å². The summed E-state index contributed by atoms with van der Waals surface area (Å²) < 4.78 is 35.2. The van der Waals surface area contributed by atoms with E-state index >= 15 is 0 Å². The highest BCUT2D eigenvalue weighted by Crippen LogP contribution is 2.17. The predicted octanol–water partition coefficient (Wildman–Crippen LogP) is 2.80. The van der Waals surface area contributed by atoms with Gasteiger partial charge in [0.1, 0.15) is 11.5 Å². The first kappa shape index (κ1) is 17.8. The van der Waals surface area contributed by atoms with Crippen molar-refractivity contribution < 1.29 is 17.9 Å². The first-order chi connectivity index (χ1) is 11.6. The number of benzene rings is 2. The third-order valence-electron chi connectivity index (χ3n) is 3.04. The van der Waals surface area contributed by atoms with Crippen molar-refractivity contribution in [1.29, 1.82) is 0 Å². The Kier molecular flexibility index (Phi) is 6.20. The van der Waals surface area contributed by atoms with Crippen LogP contribution >= 0.6 is 0 Å². The van der Waals surface area contributed by atoms with Crippen LogP contribution in [-0.2, 0) is 10.0 Å². The topological polar surface area (TPSA) is 77.0 Å². The second-order valence-corrected chi connectivity index (χ2v) is 6.39. The summed E-state index contributed by atoms with van der Waals surface area (Å²) in [5, 5.41) is 3.82. The summed E-state index contributed by atoms with van der Waals surface area (Å²) in [5.74, 6) is 1.26. The van der Waals surface area contributed by atoms with E-state index in [-0.39, 0.29) is 4.90 Å². The molecule has 6 nitrogen and oxygen atoms in total. The van der Waals surface area contributed by atoms with Crippen molar-refractivity contribution in [2.45, 2.75) is 18.7 Å². The molecular weight excluding hydrogens is 328 g/mol. The number of hydrogen-bond donors (Lipinski definition) is 1. The van der Waals surface area contributed by atoms with Crippen LogP contribution in [0, 0.1) is 0 Å². The van der Waals surface area contributed by atoms with Crippen LogP contribution < -0.4 is 14.3 Å². The van der Waals surface area contributed by atoms with Gasteiger partial charge in [-0.3, -0.25) is 0 Å². The maximum Gasteiger partial charge on any atom is 0.276 e. The van der Waals surface area contributed by atoms with E-state index in [9.17, 15) is 8.42 Å². The Morgan fingerprint density at radius 2 is 1.67 bits per heavy atom. The van der Waals surface area contributed by atoms with Crippen LogP contribution in [0.4, 0.5) is 0 Å². The second-order valence-electron chi connectivity index (χ2n) is 4.73. The first-order valence-electron chi connectivity index (χ1n) is 7.56. The molecule has 1 N–H and O–H groups in total. The molecule has 0 heterocycles. The molecule has 0 saturated carbocycles. The van der Waals surface area contributed by atoms with Gasteiger partial charge in [0.2, 0.25) is 0 Å². The van der Waals surface area contributed by atoms with Crippen molar-refractivity contribution >= 4 is 16.2 Å². The summed E-state index contributed by atoms with van der Waals surface area (Å²) in [4.78, 5) is 2.30. The molecule has 0 aliphatic rings. The molecule has 0 spiro atoms. The van der Waals surface area contributed by atoms with Crippen LogP contribution in [-0.4, -0.2) is 27.8 Å². The average molecular weight is 348 g/mol. The molecule has 0 aromatic heterocycles. The molecule has 0 radical (unpaired) electrons. The number of sulfonamides is 1.